The van der Waals surface area contributed by atoms with E-state index in [2.05, 4.69) is 42.4 Å². The molecule has 172 valence electrons. The lowest BCUT2D eigenvalue weighted by Gasteiger charge is -2.37. The topological polar surface area (TPSA) is 60.4 Å². The van der Waals surface area contributed by atoms with Crippen molar-refractivity contribution in [2.75, 3.05) is 23.3 Å². The minimum Gasteiger partial charge on any atom is -0.507 e. The van der Waals surface area contributed by atoms with Crippen molar-refractivity contribution < 1.29 is 5.11 Å². The van der Waals surface area contributed by atoms with Crippen LogP contribution in [0.25, 0.3) is 10.9 Å². The van der Waals surface area contributed by atoms with Crippen LogP contribution in [0.3, 0.4) is 0 Å². The predicted molar refractivity (Wildman–Crippen MR) is 138 cm³/mol. The first-order valence-electron chi connectivity index (χ1n) is 10.9. The van der Waals surface area contributed by atoms with E-state index < -0.39 is 0 Å². The average Bonchev–Trinajstić information content (AvgIpc) is 2.72. The van der Waals surface area contributed by atoms with Crippen LogP contribution in [0.4, 0.5) is 11.5 Å². The van der Waals surface area contributed by atoms with Crippen LogP contribution in [0.5, 0.6) is 5.75 Å². The van der Waals surface area contributed by atoms with Crippen molar-refractivity contribution in [1.82, 2.24) is 10.3 Å². The number of nitrogens with zero attached hydrogens (tertiary/aromatic N) is 2. The fourth-order valence-electron chi connectivity index (χ4n) is 4.26. The second kappa shape index (κ2) is 10.2. The highest BCUT2D eigenvalue weighted by Crippen LogP contribution is 2.36. The smallest absolute Gasteiger partial charge is 0.129 e. The molecule has 1 fully saturated rings. The standard InChI is InChI=1S/C25H31ClN4O.ClH/c1-25(2,3)29-19-11-13-30(14-12-19)21-15-23(27-16-17-7-9-18(26)10-8-17)28-20-5-4-6-22(31)24(20)21;/h4-10,15,19,29,31H,11-14,16H2,1-3H3,(H,27,28);1H. The van der Waals surface area contributed by atoms with Crippen LogP contribution in [-0.4, -0.2) is 34.8 Å². The summed E-state index contributed by atoms with van der Waals surface area (Å²) in [6, 6.07) is 15.9. The summed E-state index contributed by atoms with van der Waals surface area (Å²) in [5.41, 5.74) is 3.09. The van der Waals surface area contributed by atoms with Crippen molar-refractivity contribution in [2.45, 2.75) is 51.7 Å². The van der Waals surface area contributed by atoms with E-state index in [1.54, 1.807) is 6.07 Å². The zero-order valence-electron chi connectivity index (χ0n) is 18.9. The first kappa shape index (κ1) is 24.4. The van der Waals surface area contributed by atoms with Crippen LogP contribution in [0, 0.1) is 0 Å². The highest BCUT2D eigenvalue weighted by molar-refractivity contribution is 6.30. The maximum absolute atomic E-state index is 10.6. The number of anilines is 2. The molecule has 2 aromatic carbocycles. The summed E-state index contributed by atoms with van der Waals surface area (Å²) in [4.78, 5) is 7.12. The molecule has 0 bridgehead atoms. The molecule has 0 spiro atoms. The number of hydrogen-bond acceptors (Lipinski definition) is 5. The highest BCUT2D eigenvalue weighted by Gasteiger charge is 2.25. The van der Waals surface area contributed by atoms with E-state index in [0.29, 0.717) is 12.6 Å². The number of pyridine rings is 1. The Morgan fingerprint density at radius 3 is 2.44 bits per heavy atom. The molecule has 0 amide bonds. The van der Waals surface area contributed by atoms with Gasteiger partial charge in [0.05, 0.1) is 16.6 Å². The molecule has 1 aromatic heterocycles. The summed E-state index contributed by atoms with van der Waals surface area (Å²) in [5, 5.41) is 19.3. The minimum absolute atomic E-state index is 0. The maximum Gasteiger partial charge on any atom is 0.129 e. The largest absolute Gasteiger partial charge is 0.507 e. The zero-order valence-corrected chi connectivity index (χ0v) is 20.4. The van der Waals surface area contributed by atoms with Crippen molar-refractivity contribution in [2.24, 2.45) is 0 Å². The number of aromatic hydroxyl groups is 1. The van der Waals surface area contributed by atoms with Gasteiger partial charge in [-0.05, 0) is 63.4 Å². The van der Waals surface area contributed by atoms with Crippen LogP contribution in [-0.2, 0) is 6.54 Å². The molecular formula is C25H32Cl2N4O. The number of phenolic OH excluding ortho intramolecular Hbond substituents is 1. The lowest BCUT2D eigenvalue weighted by molar-refractivity contribution is 0.317. The summed E-state index contributed by atoms with van der Waals surface area (Å²) in [6.07, 6.45) is 2.14. The molecule has 4 rings (SSSR count). The molecular weight excluding hydrogens is 443 g/mol. The van der Waals surface area contributed by atoms with Crippen LogP contribution in [0.2, 0.25) is 5.02 Å². The number of piperidine rings is 1. The number of rotatable bonds is 5. The molecule has 1 aliphatic rings. The van der Waals surface area contributed by atoms with E-state index in [9.17, 15) is 5.11 Å². The average molecular weight is 475 g/mol. The fraction of sp³-hybridized carbons (Fsp3) is 0.400. The Balaban J connectivity index is 0.00000289. The number of halogens is 2. The van der Waals surface area contributed by atoms with Crippen LogP contribution >= 0.6 is 24.0 Å². The molecule has 0 saturated carbocycles. The van der Waals surface area contributed by atoms with Gasteiger partial charge in [-0.1, -0.05) is 29.8 Å². The number of fused-ring (bicyclic) bond motifs is 1. The second-order valence-corrected chi connectivity index (χ2v) is 9.77. The minimum atomic E-state index is 0. The Kier molecular flexibility index (Phi) is 7.75. The van der Waals surface area contributed by atoms with E-state index in [1.165, 1.54) is 0 Å². The van der Waals surface area contributed by atoms with Gasteiger partial charge in [0.2, 0.25) is 0 Å². The monoisotopic (exact) mass is 474 g/mol. The Bertz CT molecular complexity index is 1040. The molecule has 1 aliphatic heterocycles. The van der Waals surface area contributed by atoms with Crippen LogP contribution in [0.15, 0.2) is 48.5 Å². The van der Waals surface area contributed by atoms with Gasteiger partial charge in [-0.15, -0.1) is 12.4 Å². The number of phenols is 1. The first-order valence-corrected chi connectivity index (χ1v) is 11.3. The van der Waals surface area contributed by atoms with E-state index >= 15 is 0 Å². The summed E-state index contributed by atoms with van der Waals surface area (Å²) < 4.78 is 0. The summed E-state index contributed by atoms with van der Waals surface area (Å²) in [7, 11) is 0. The normalized spacial score (nSPS) is 14.9. The van der Waals surface area contributed by atoms with Gasteiger partial charge in [0.1, 0.15) is 11.6 Å². The summed E-state index contributed by atoms with van der Waals surface area (Å²) >= 11 is 5.99. The Labute approximate surface area is 201 Å². The lowest BCUT2D eigenvalue weighted by atomic mass is 9.99. The maximum atomic E-state index is 10.6. The van der Waals surface area contributed by atoms with Crippen molar-refractivity contribution in [3.05, 3.63) is 59.1 Å². The van der Waals surface area contributed by atoms with Gasteiger partial charge in [0.15, 0.2) is 0 Å². The van der Waals surface area contributed by atoms with E-state index in [1.807, 2.05) is 36.4 Å². The van der Waals surface area contributed by atoms with Crippen LogP contribution in [0.1, 0.15) is 39.2 Å². The van der Waals surface area contributed by atoms with Crippen molar-refractivity contribution in [3.63, 3.8) is 0 Å². The van der Waals surface area contributed by atoms with E-state index in [-0.39, 0.29) is 23.7 Å². The third-order valence-corrected chi connectivity index (χ3v) is 5.90. The molecule has 0 radical (unpaired) electrons. The van der Waals surface area contributed by atoms with Crippen molar-refractivity contribution in [1.29, 1.82) is 0 Å². The molecule has 0 unspecified atom stereocenters. The molecule has 5 nitrogen and oxygen atoms in total. The van der Waals surface area contributed by atoms with E-state index in [4.69, 9.17) is 16.6 Å². The SMILES string of the molecule is CC(C)(C)NC1CCN(c2cc(NCc3ccc(Cl)cc3)nc3cccc(O)c23)CC1.Cl. The van der Waals surface area contributed by atoms with E-state index in [0.717, 1.165) is 58.9 Å². The molecule has 32 heavy (non-hydrogen) atoms. The zero-order chi connectivity index (χ0) is 22.0. The Hall–Kier alpha value is -2.21. The predicted octanol–water partition coefficient (Wildman–Crippen LogP) is 5.98. The molecule has 0 aliphatic carbocycles. The number of aromatic nitrogens is 1. The third-order valence-electron chi connectivity index (χ3n) is 5.65. The van der Waals surface area contributed by atoms with Gasteiger partial charge in [0, 0.05) is 42.3 Å². The molecule has 3 aromatic rings. The molecule has 0 atom stereocenters. The second-order valence-electron chi connectivity index (χ2n) is 9.33. The Morgan fingerprint density at radius 2 is 1.78 bits per heavy atom. The molecule has 2 heterocycles. The van der Waals surface area contributed by atoms with Gasteiger partial charge in [-0.25, -0.2) is 4.98 Å². The molecule has 1 saturated heterocycles. The van der Waals surface area contributed by atoms with Crippen molar-refractivity contribution in [3.8, 4) is 5.75 Å². The van der Waals surface area contributed by atoms with Crippen LogP contribution < -0.4 is 15.5 Å². The third kappa shape index (κ3) is 5.97. The van der Waals surface area contributed by atoms with Gasteiger partial charge in [-0.2, -0.15) is 0 Å². The quantitative estimate of drug-likeness (QED) is 0.424. The summed E-state index contributed by atoms with van der Waals surface area (Å²) in [6.45, 7) is 9.19. The molecule has 3 N–H and O–H groups in total. The van der Waals surface area contributed by atoms with Crippen molar-refractivity contribution >= 4 is 46.4 Å². The van der Waals surface area contributed by atoms with Gasteiger partial charge < -0.3 is 20.6 Å². The first-order chi connectivity index (χ1) is 14.8. The van der Waals surface area contributed by atoms with Gasteiger partial charge >= 0.3 is 0 Å². The summed E-state index contributed by atoms with van der Waals surface area (Å²) in [5.74, 6) is 1.08. The fourth-order valence-corrected chi connectivity index (χ4v) is 4.39. The highest BCUT2D eigenvalue weighted by atomic mass is 35.5. The van der Waals surface area contributed by atoms with Gasteiger partial charge in [0.25, 0.3) is 0 Å². The van der Waals surface area contributed by atoms with Gasteiger partial charge in [-0.3, -0.25) is 0 Å². The number of benzene rings is 2. The number of nitrogens with one attached hydrogen (secondary N) is 2. The molecule has 7 heteroatoms. The lowest BCUT2D eigenvalue weighted by Crippen LogP contribution is -2.49. The Morgan fingerprint density at radius 1 is 1.09 bits per heavy atom. The number of hydrogen-bond donors (Lipinski definition) is 3.